The summed E-state index contributed by atoms with van der Waals surface area (Å²) in [7, 11) is 0. The van der Waals surface area contributed by atoms with Gasteiger partial charge in [-0.25, -0.2) is 0 Å². The van der Waals surface area contributed by atoms with Crippen LogP contribution >= 0.6 is 11.6 Å². The molecular weight excluding hydrogens is 282 g/mol. The van der Waals surface area contributed by atoms with E-state index >= 15 is 0 Å². The molecule has 0 aliphatic carbocycles. The SMILES string of the molecule is CC(=O)c1c(Cl)n(Cc2ccc(C)cc2)c2ccccc12. The molecule has 3 aromatic rings. The average molecular weight is 298 g/mol. The number of ketones is 1. The zero-order valence-corrected chi connectivity index (χ0v) is 12.8. The maximum atomic E-state index is 11.9. The summed E-state index contributed by atoms with van der Waals surface area (Å²) in [6.07, 6.45) is 0. The number of aryl methyl sites for hydroxylation is 1. The smallest absolute Gasteiger partial charge is 0.163 e. The molecule has 3 rings (SSSR count). The van der Waals surface area contributed by atoms with Crippen molar-refractivity contribution in [2.45, 2.75) is 20.4 Å². The molecule has 0 atom stereocenters. The van der Waals surface area contributed by atoms with Gasteiger partial charge in [-0.15, -0.1) is 0 Å². The molecule has 0 bridgehead atoms. The number of halogens is 1. The summed E-state index contributed by atoms with van der Waals surface area (Å²) >= 11 is 6.47. The van der Waals surface area contributed by atoms with E-state index in [2.05, 4.69) is 31.2 Å². The minimum Gasteiger partial charge on any atom is -0.327 e. The minimum atomic E-state index is -0.00106. The van der Waals surface area contributed by atoms with Crippen LogP contribution in [0.15, 0.2) is 48.5 Å². The van der Waals surface area contributed by atoms with Gasteiger partial charge in [0.2, 0.25) is 0 Å². The highest BCUT2D eigenvalue weighted by Crippen LogP contribution is 2.31. The van der Waals surface area contributed by atoms with E-state index in [9.17, 15) is 4.79 Å². The van der Waals surface area contributed by atoms with E-state index in [0.717, 1.165) is 10.9 Å². The van der Waals surface area contributed by atoms with Crippen LogP contribution in [0.2, 0.25) is 5.15 Å². The first-order valence-corrected chi connectivity index (χ1v) is 7.29. The van der Waals surface area contributed by atoms with Crippen molar-refractivity contribution in [3.63, 3.8) is 0 Å². The first-order chi connectivity index (χ1) is 10.1. The van der Waals surface area contributed by atoms with Crippen molar-refractivity contribution in [3.8, 4) is 0 Å². The van der Waals surface area contributed by atoms with E-state index < -0.39 is 0 Å². The second-order valence-corrected chi connectivity index (χ2v) is 5.67. The molecular formula is C18H16ClNO. The van der Waals surface area contributed by atoms with E-state index in [1.54, 1.807) is 6.92 Å². The summed E-state index contributed by atoms with van der Waals surface area (Å²) in [6, 6.07) is 16.2. The van der Waals surface area contributed by atoms with E-state index in [1.165, 1.54) is 11.1 Å². The van der Waals surface area contributed by atoms with Crippen molar-refractivity contribution in [2.75, 3.05) is 0 Å². The number of nitrogens with zero attached hydrogens (tertiary/aromatic N) is 1. The van der Waals surface area contributed by atoms with Gasteiger partial charge in [-0.3, -0.25) is 4.79 Å². The number of hydrogen-bond acceptors (Lipinski definition) is 1. The fourth-order valence-corrected chi connectivity index (χ4v) is 3.02. The second kappa shape index (κ2) is 5.38. The third-order valence-electron chi connectivity index (χ3n) is 3.72. The molecule has 0 unspecified atom stereocenters. The van der Waals surface area contributed by atoms with Crippen molar-refractivity contribution in [1.82, 2.24) is 4.57 Å². The Morgan fingerprint density at radius 2 is 1.76 bits per heavy atom. The van der Waals surface area contributed by atoms with Crippen molar-refractivity contribution in [2.24, 2.45) is 0 Å². The zero-order valence-electron chi connectivity index (χ0n) is 12.1. The van der Waals surface area contributed by atoms with E-state index in [-0.39, 0.29) is 5.78 Å². The number of aromatic nitrogens is 1. The van der Waals surface area contributed by atoms with Gasteiger partial charge in [0.25, 0.3) is 0 Å². The number of Topliss-reactive ketones (excluding diaryl/α,β-unsaturated/α-hetero) is 1. The highest BCUT2D eigenvalue weighted by Gasteiger charge is 2.18. The lowest BCUT2D eigenvalue weighted by atomic mass is 10.1. The van der Waals surface area contributed by atoms with Crippen molar-refractivity contribution >= 4 is 28.3 Å². The topological polar surface area (TPSA) is 22.0 Å². The fourth-order valence-electron chi connectivity index (χ4n) is 2.64. The molecule has 0 N–H and O–H groups in total. The largest absolute Gasteiger partial charge is 0.327 e. The number of fused-ring (bicyclic) bond motifs is 1. The van der Waals surface area contributed by atoms with E-state index in [1.807, 2.05) is 28.8 Å². The molecule has 0 spiro atoms. The monoisotopic (exact) mass is 297 g/mol. The lowest BCUT2D eigenvalue weighted by Gasteiger charge is -2.08. The maximum absolute atomic E-state index is 11.9. The number of hydrogen-bond donors (Lipinski definition) is 0. The lowest BCUT2D eigenvalue weighted by molar-refractivity contribution is 0.101. The molecule has 0 saturated carbocycles. The van der Waals surface area contributed by atoms with Crippen LogP contribution in [0.5, 0.6) is 0 Å². The molecule has 21 heavy (non-hydrogen) atoms. The van der Waals surface area contributed by atoms with Gasteiger partial charge in [0.05, 0.1) is 11.1 Å². The molecule has 106 valence electrons. The van der Waals surface area contributed by atoms with Crippen molar-refractivity contribution in [1.29, 1.82) is 0 Å². The summed E-state index contributed by atoms with van der Waals surface area (Å²) in [5.74, 6) is -0.00106. The van der Waals surface area contributed by atoms with Gasteiger partial charge in [0.15, 0.2) is 5.78 Å². The van der Waals surface area contributed by atoms with Crippen LogP contribution in [0.1, 0.15) is 28.4 Å². The van der Waals surface area contributed by atoms with Gasteiger partial charge < -0.3 is 4.57 Å². The van der Waals surface area contributed by atoms with Crippen LogP contribution < -0.4 is 0 Å². The second-order valence-electron chi connectivity index (χ2n) is 5.31. The van der Waals surface area contributed by atoms with Crippen LogP contribution in [0.25, 0.3) is 10.9 Å². The van der Waals surface area contributed by atoms with Crippen molar-refractivity contribution in [3.05, 3.63) is 70.4 Å². The minimum absolute atomic E-state index is 0.00106. The zero-order chi connectivity index (χ0) is 15.0. The van der Waals surface area contributed by atoms with Crippen LogP contribution in [-0.4, -0.2) is 10.4 Å². The number of benzene rings is 2. The van der Waals surface area contributed by atoms with E-state index in [4.69, 9.17) is 11.6 Å². The third kappa shape index (κ3) is 2.47. The summed E-state index contributed by atoms with van der Waals surface area (Å²) in [5, 5.41) is 1.44. The van der Waals surface area contributed by atoms with Crippen LogP contribution in [-0.2, 0) is 6.54 Å². The first kappa shape index (κ1) is 13.9. The Bertz CT molecular complexity index is 815. The highest BCUT2D eigenvalue weighted by molar-refractivity contribution is 6.35. The number of rotatable bonds is 3. The lowest BCUT2D eigenvalue weighted by Crippen LogP contribution is -2.00. The van der Waals surface area contributed by atoms with Gasteiger partial charge in [-0.05, 0) is 25.5 Å². The van der Waals surface area contributed by atoms with Gasteiger partial charge in [0.1, 0.15) is 5.15 Å². The van der Waals surface area contributed by atoms with Gasteiger partial charge in [-0.1, -0.05) is 59.6 Å². The van der Waals surface area contributed by atoms with Gasteiger partial charge in [-0.2, -0.15) is 0 Å². The Hall–Kier alpha value is -2.06. The molecule has 1 aromatic heterocycles. The summed E-state index contributed by atoms with van der Waals surface area (Å²) in [6.45, 7) is 4.28. The molecule has 0 radical (unpaired) electrons. The molecule has 2 nitrogen and oxygen atoms in total. The Morgan fingerprint density at radius 3 is 2.43 bits per heavy atom. The Morgan fingerprint density at radius 1 is 1.10 bits per heavy atom. The summed E-state index contributed by atoms with van der Waals surface area (Å²) in [4.78, 5) is 11.9. The molecule has 0 fully saturated rings. The predicted molar refractivity (Wildman–Crippen MR) is 87.2 cm³/mol. The molecule has 0 amide bonds. The molecule has 0 saturated heterocycles. The number of para-hydroxylation sites is 1. The molecule has 0 aliphatic rings. The van der Waals surface area contributed by atoms with Crippen LogP contribution in [0.4, 0.5) is 0 Å². The summed E-state index contributed by atoms with van der Waals surface area (Å²) in [5.41, 5.74) is 4.00. The fraction of sp³-hybridized carbons (Fsp3) is 0.167. The summed E-state index contributed by atoms with van der Waals surface area (Å²) < 4.78 is 2.00. The molecule has 0 aliphatic heterocycles. The van der Waals surface area contributed by atoms with Gasteiger partial charge in [0, 0.05) is 11.9 Å². The Balaban J connectivity index is 2.16. The van der Waals surface area contributed by atoms with Crippen LogP contribution in [0, 0.1) is 6.92 Å². The highest BCUT2D eigenvalue weighted by atomic mass is 35.5. The molecule has 2 aromatic carbocycles. The Labute approximate surface area is 129 Å². The van der Waals surface area contributed by atoms with Crippen molar-refractivity contribution < 1.29 is 4.79 Å². The van der Waals surface area contributed by atoms with E-state index in [0.29, 0.717) is 17.3 Å². The predicted octanol–water partition coefficient (Wildman–Crippen LogP) is 4.85. The van der Waals surface area contributed by atoms with Gasteiger partial charge >= 0.3 is 0 Å². The molecule has 1 heterocycles. The number of carbonyl (C=O) groups is 1. The molecule has 3 heteroatoms. The normalized spacial score (nSPS) is 11.0. The maximum Gasteiger partial charge on any atom is 0.163 e. The Kier molecular flexibility index (Phi) is 3.56. The average Bonchev–Trinajstić information content (AvgIpc) is 2.74. The standard InChI is InChI=1S/C18H16ClNO/c1-12-7-9-14(10-8-12)11-20-16-6-4-3-5-15(16)17(13(2)21)18(20)19/h3-10H,11H2,1-2H3. The number of carbonyl (C=O) groups excluding carboxylic acids is 1. The quantitative estimate of drug-likeness (QED) is 0.633. The third-order valence-corrected chi connectivity index (χ3v) is 4.11. The van der Waals surface area contributed by atoms with Crippen LogP contribution in [0.3, 0.4) is 0 Å². The first-order valence-electron chi connectivity index (χ1n) is 6.91.